The number of carbonyl (C=O) groups is 1. The fourth-order valence-electron chi connectivity index (χ4n) is 2.50. The molecule has 1 fully saturated rings. The summed E-state index contributed by atoms with van der Waals surface area (Å²) in [5.74, 6) is 0.371. The Bertz CT molecular complexity index is 602. The van der Waals surface area contributed by atoms with Crippen LogP contribution < -0.4 is 11.1 Å². The van der Waals surface area contributed by atoms with Crippen molar-refractivity contribution in [2.45, 2.75) is 32.4 Å². The number of rotatable bonds is 4. The number of hydrogen-bond donors (Lipinski definition) is 2. The van der Waals surface area contributed by atoms with Crippen molar-refractivity contribution < 1.29 is 9.53 Å². The Hall–Kier alpha value is -1.66. The third-order valence-electron chi connectivity index (χ3n) is 3.81. The van der Waals surface area contributed by atoms with Gasteiger partial charge in [-0.25, -0.2) is 9.79 Å². The molecule has 0 aromatic heterocycles. The van der Waals surface area contributed by atoms with E-state index in [0.717, 1.165) is 18.4 Å². The highest BCUT2D eigenvalue weighted by Crippen LogP contribution is 2.21. The van der Waals surface area contributed by atoms with Crippen molar-refractivity contribution in [1.82, 2.24) is 10.2 Å². The van der Waals surface area contributed by atoms with Gasteiger partial charge in [0.05, 0.1) is 13.2 Å². The standard InChI is InChI=1S/C16H22Cl2N4O2/c1-2-24-16(23)22-7-5-13(6-8-22)21-15(19)20-10-11-3-4-12(17)9-14(11)18/h3-4,9,13H,2,5-8,10H2,1H3,(H3,19,20,21). The third-order valence-corrected chi connectivity index (χ3v) is 4.39. The molecule has 1 saturated heterocycles. The van der Waals surface area contributed by atoms with Crippen molar-refractivity contribution in [2.75, 3.05) is 19.7 Å². The highest BCUT2D eigenvalue weighted by molar-refractivity contribution is 6.35. The molecule has 1 aromatic rings. The van der Waals surface area contributed by atoms with Crippen LogP contribution in [0.5, 0.6) is 0 Å². The molecule has 0 saturated carbocycles. The number of piperidine rings is 1. The molecule has 1 heterocycles. The van der Waals surface area contributed by atoms with Crippen LogP contribution in [0, 0.1) is 0 Å². The van der Waals surface area contributed by atoms with Gasteiger partial charge in [0, 0.05) is 29.2 Å². The largest absolute Gasteiger partial charge is 0.450 e. The average Bonchev–Trinajstić information content (AvgIpc) is 2.55. The number of nitrogens with zero attached hydrogens (tertiary/aromatic N) is 2. The Kier molecular flexibility index (Phi) is 6.99. The summed E-state index contributed by atoms with van der Waals surface area (Å²) in [4.78, 5) is 17.7. The van der Waals surface area contributed by atoms with Gasteiger partial charge in [-0.2, -0.15) is 0 Å². The highest BCUT2D eigenvalue weighted by atomic mass is 35.5. The summed E-state index contributed by atoms with van der Waals surface area (Å²) in [7, 11) is 0. The summed E-state index contributed by atoms with van der Waals surface area (Å²) in [5.41, 5.74) is 6.80. The molecule has 0 atom stereocenters. The average molecular weight is 373 g/mol. The van der Waals surface area contributed by atoms with Gasteiger partial charge in [0.15, 0.2) is 5.96 Å². The molecule has 0 aliphatic carbocycles. The number of aliphatic imine (C=N–C) groups is 1. The van der Waals surface area contributed by atoms with Crippen LogP contribution in [0.3, 0.4) is 0 Å². The molecule has 6 nitrogen and oxygen atoms in total. The topological polar surface area (TPSA) is 80.0 Å². The molecular weight excluding hydrogens is 351 g/mol. The summed E-state index contributed by atoms with van der Waals surface area (Å²) < 4.78 is 5.00. The van der Waals surface area contributed by atoms with Crippen LogP contribution in [0.4, 0.5) is 4.79 Å². The van der Waals surface area contributed by atoms with Crippen LogP contribution in [-0.4, -0.2) is 42.7 Å². The zero-order valence-electron chi connectivity index (χ0n) is 13.6. The minimum absolute atomic E-state index is 0.195. The summed E-state index contributed by atoms with van der Waals surface area (Å²) in [6, 6.07) is 5.48. The van der Waals surface area contributed by atoms with Crippen molar-refractivity contribution in [2.24, 2.45) is 10.7 Å². The number of benzene rings is 1. The van der Waals surface area contributed by atoms with Crippen LogP contribution >= 0.6 is 23.2 Å². The molecule has 2 rings (SSSR count). The van der Waals surface area contributed by atoms with Gasteiger partial charge >= 0.3 is 6.09 Å². The number of ether oxygens (including phenoxy) is 1. The number of hydrogen-bond acceptors (Lipinski definition) is 3. The smallest absolute Gasteiger partial charge is 0.409 e. The molecule has 1 aromatic carbocycles. The summed E-state index contributed by atoms with van der Waals surface area (Å²) >= 11 is 12.0. The van der Waals surface area contributed by atoms with Crippen LogP contribution in [0.25, 0.3) is 0 Å². The second-order valence-corrected chi connectivity index (χ2v) is 6.39. The zero-order chi connectivity index (χ0) is 17.5. The Morgan fingerprint density at radius 3 is 2.75 bits per heavy atom. The van der Waals surface area contributed by atoms with E-state index < -0.39 is 0 Å². The Balaban J connectivity index is 1.80. The minimum Gasteiger partial charge on any atom is -0.450 e. The molecular formula is C16H22Cl2N4O2. The molecule has 24 heavy (non-hydrogen) atoms. The van der Waals surface area contributed by atoms with Gasteiger partial charge in [0.1, 0.15) is 0 Å². The quantitative estimate of drug-likeness (QED) is 0.628. The van der Waals surface area contributed by atoms with Crippen molar-refractivity contribution in [3.05, 3.63) is 33.8 Å². The van der Waals surface area contributed by atoms with E-state index in [4.69, 9.17) is 33.7 Å². The monoisotopic (exact) mass is 372 g/mol. The van der Waals surface area contributed by atoms with E-state index in [0.29, 0.717) is 42.2 Å². The molecule has 3 N–H and O–H groups in total. The van der Waals surface area contributed by atoms with Gasteiger partial charge in [-0.15, -0.1) is 0 Å². The van der Waals surface area contributed by atoms with E-state index in [1.807, 2.05) is 6.07 Å². The van der Waals surface area contributed by atoms with Gasteiger partial charge in [0.2, 0.25) is 0 Å². The van der Waals surface area contributed by atoms with E-state index in [-0.39, 0.29) is 12.1 Å². The van der Waals surface area contributed by atoms with Gasteiger partial charge in [-0.3, -0.25) is 0 Å². The summed E-state index contributed by atoms with van der Waals surface area (Å²) in [5, 5.41) is 4.35. The van der Waals surface area contributed by atoms with E-state index in [1.165, 1.54) is 0 Å². The second kappa shape index (κ2) is 8.99. The number of guanidine groups is 1. The minimum atomic E-state index is -0.255. The Morgan fingerprint density at radius 1 is 1.42 bits per heavy atom. The van der Waals surface area contributed by atoms with Crippen LogP contribution in [-0.2, 0) is 11.3 Å². The van der Waals surface area contributed by atoms with Gasteiger partial charge in [-0.05, 0) is 37.5 Å². The van der Waals surface area contributed by atoms with Crippen molar-refractivity contribution in [3.63, 3.8) is 0 Å². The van der Waals surface area contributed by atoms with Gasteiger partial charge in [-0.1, -0.05) is 29.3 Å². The molecule has 0 radical (unpaired) electrons. The lowest BCUT2D eigenvalue weighted by atomic mass is 10.1. The first-order chi connectivity index (χ1) is 11.5. The first kappa shape index (κ1) is 18.7. The van der Waals surface area contributed by atoms with E-state index in [9.17, 15) is 4.79 Å². The normalized spacial score (nSPS) is 16.1. The fraction of sp³-hybridized carbons (Fsp3) is 0.500. The maximum absolute atomic E-state index is 11.7. The van der Waals surface area contributed by atoms with Crippen LogP contribution in [0.2, 0.25) is 10.0 Å². The van der Waals surface area contributed by atoms with Crippen LogP contribution in [0.15, 0.2) is 23.2 Å². The second-order valence-electron chi connectivity index (χ2n) is 5.54. The Morgan fingerprint density at radius 2 is 2.12 bits per heavy atom. The first-order valence-corrected chi connectivity index (χ1v) is 8.67. The van der Waals surface area contributed by atoms with E-state index in [1.54, 1.807) is 24.0 Å². The lowest BCUT2D eigenvalue weighted by Crippen LogP contribution is -2.48. The Labute approximate surface area is 152 Å². The summed E-state index contributed by atoms with van der Waals surface area (Å²) in [6.45, 7) is 3.87. The number of nitrogens with two attached hydrogens (primary N) is 1. The molecule has 1 aliphatic rings. The number of nitrogens with one attached hydrogen (secondary N) is 1. The van der Waals surface area contributed by atoms with Crippen LogP contribution in [0.1, 0.15) is 25.3 Å². The highest BCUT2D eigenvalue weighted by Gasteiger charge is 2.23. The molecule has 1 aliphatic heterocycles. The maximum Gasteiger partial charge on any atom is 0.409 e. The fourth-order valence-corrected chi connectivity index (χ4v) is 2.96. The SMILES string of the molecule is CCOC(=O)N1CCC(NC(N)=NCc2ccc(Cl)cc2Cl)CC1. The molecule has 0 spiro atoms. The molecule has 1 amide bonds. The van der Waals surface area contributed by atoms with Crippen molar-refractivity contribution in [1.29, 1.82) is 0 Å². The lowest BCUT2D eigenvalue weighted by Gasteiger charge is -2.31. The lowest BCUT2D eigenvalue weighted by molar-refractivity contribution is 0.0963. The maximum atomic E-state index is 11.7. The number of carbonyl (C=O) groups excluding carboxylic acids is 1. The molecule has 132 valence electrons. The zero-order valence-corrected chi connectivity index (χ0v) is 15.1. The first-order valence-electron chi connectivity index (χ1n) is 7.91. The molecule has 0 unspecified atom stereocenters. The van der Waals surface area contributed by atoms with Gasteiger partial charge in [0.25, 0.3) is 0 Å². The van der Waals surface area contributed by atoms with E-state index in [2.05, 4.69) is 10.3 Å². The van der Waals surface area contributed by atoms with Crippen molar-refractivity contribution >= 4 is 35.3 Å². The van der Waals surface area contributed by atoms with E-state index >= 15 is 0 Å². The predicted molar refractivity (Wildman–Crippen MR) is 96.5 cm³/mol. The number of likely N-dealkylation sites (tertiary alicyclic amines) is 1. The van der Waals surface area contributed by atoms with Gasteiger partial charge < -0.3 is 20.7 Å². The summed E-state index contributed by atoms with van der Waals surface area (Å²) in [6.07, 6.45) is 1.35. The molecule has 0 bridgehead atoms. The molecule has 8 heteroatoms. The van der Waals surface area contributed by atoms with Crippen molar-refractivity contribution in [3.8, 4) is 0 Å². The number of amides is 1. The predicted octanol–water partition coefficient (Wildman–Crippen LogP) is 3.02. The third kappa shape index (κ3) is 5.46. The number of halogens is 2.